The van der Waals surface area contributed by atoms with Crippen molar-refractivity contribution in [2.24, 2.45) is 5.92 Å². The van der Waals surface area contributed by atoms with Gasteiger partial charge in [-0.15, -0.1) is 0 Å². The zero-order chi connectivity index (χ0) is 15.3. The van der Waals surface area contributed by atoms with Crippen LogP contribution in [0.5, 0.6) is 5.75 Å². The minimum absolute atomic E-state index is 0.0412. The Morgan fingerprint density at radius 1 is 1.29 bits per heavy atom. The van der Waals surface area contributed by atoms with Crippen molar-refractivity contribution in [2.75, 3.05) is 13.2 Å². The molecule has 0 atom stereocenters. The molecule has 0 saturated heterocycles. The lowest BCUT2D eigenvalue weighted by molar-refractivity contribution is -0.123. The molecule has 0 aromatic heterocycles. The predicted molar refractivity (Wildman–Crippen MR) is 84.3 cm³/mol. The molecule has 1 fully saturated rings. The smallest absolute Gasteiger partial charge is 0.257 e. The highest BCUT2D eigenvalue weighted by Crippen LogP contribution is 2.27. The summed E-state index contributed by atoms with van der Waals surface area (Å²) in [6.45, 7) is 7.98. The highest BCUT2D eigenvalue weighted by molar-refractivity contribution is 5.77. The number of amides is 1. The van der Waals surface area contributed by atoms with Gasteiger partial charge in [0.1, 0.15) is 5.75 Å². The van der Waals surface area contributed by atoms with Crippen LogP contribution in [-0.2, 0) is 11.3 Å². The van der Waals surface area contributed by atoms with Crippen LogP contribution in [0.4, 0.5) is 0 Å². The Morgan fingerprint density at radius 2 is 2.00 bits per heavy atom. The van der Waals surface area contributed by atoms with Gasteiger partial charge in [0.25, 0.3) is 5.91 Å². The zero-order valence-corrected chi connectivity index (χ0v) is 13.2. The molecule has 1 aromatic rings. The third-order valence-electron chi connectivity index (χ3n) is 3.43. The first kappa shape index (κ1) is 15.8. The van der Waals surface area contributed by atoms with Gasteiger partial charge in [-0.2, -0.15) is 0 Å². The fourth-order valence-corrected chi connectivity index (χ4v) is 1.93. The van der Waals surface area contributed by atoms with Gasteiger partial charge in [-0.1, -0.05) is 18.2 Å². The second kappa shape index (κ2) is 6.94. The molecule has 1 aromatic carbocycles. The maximum absolute atomic E-state index is 11.7. The lowest BCUT2D eigenvalue weighted by Gasteiger charge is -2.21. The molecular formula is C17H26N2O2. The van der Waals surface area contributed by atoms with Crippen molar-refractivity contribution in [1.82, 2.24) is 10.6 Å². The number of carbonyl (C=O) groups excluding carboxylic acids is 1. The summed E-state index contributed by atoms with van der Waals surface area (Å²) in [6, 6.07) is 7.85. The van der Waals surface area contributed by atoms with Gasteiger partial charge in [0.05, 0.1) is 0 Å². The third kappa shape index (κ3) is 6.17. The standard InChI is InChI=1S/C17H26N2O2/c1-17(2,3)19-11-14-6-4-5-7-15(14)21-12-16(20)18-10-13-8-9-13/h4-7,13,19H,8-12H2,1-3H3,(H,18,20). The molecule has 2 rings (SSSR count). The van der Waals surface area contributed by atoms with Crippen LogP contribution in [0, 0.1) is 5.92 Å². The monoisotopic (exact) mass is 290 g/mol. The molecule has 116 valence electrons. The molecule has 4 heteroatoms. The maximum Gasteiger partial charge on any atom is 0.257 e. The summed E-state index contributed by atoms with van der Waals surface area (Å²) in [5.74, 6) is 1.42. The largest absolute Gasteiger partial charge is 0.483 e. The Kier molecular flexibility index (Phi) is 5.23. The number of benzene rings is 1. The molecule has 0 unspecified atom stereocenters. The summed E-state index contributed by atoms with van der Waals surface area (Å²) in [7, 11) is 0. The van der Waals surface area contributed by atoms with Crippen LogP contribution in [0.2, 0.25) is 0 Å². The number of ether oxygens (including phenoxy) is 1. The molecule has 0 spiro atoms. The Hall–Kier alpha value is -1.55. The highest BCUT2D eigenvalue weighted by Gasteiger charge is 2.21. The number of hydrogen-bond acceptors (Lipinski definition) is 3. The Balaban J connectivity index is 1.82. The number of hydrogen-bond donors (Lipinski definition) is 2. The molecule has 0 radical (unpaired) electrons. The van der Waals surface area contributed by atoms with E-state index in [9.17, 15) is 4.79 Å². The summed E-state index contributed by atoms with van der Waals surface area (Å²) >= 11 is 0. The van der Waals surface area contributed by atoms with Gasteiger partial charge in [0.2, 0.25) is 0 Å². The summed E-state index contributed by atoms with van der Waals surface area (Å²) < 4.78 is 5.66. The second-order valence-electron chi connectivity index (χ2n) is 6.75. The average Bonchev–Trinajstić information content (AvgIpc) is 3.25. The molecule has 0 aliphatic heterocycles. The van der Waals surface area contributed by atoms with Gasteiger partial charge >= 0.3 is 0 Å². The van der Waals surface area contributed by atoms with E-state index in [0.717, 1.165) is 24.4 Å². The Bertz CT molecular complexity index is 476. The molecule has 1 amide bonds. The van der Waals surface area contributed by atoms with Crippen LogP contribution in [-0.4, -0.2) is 24.6 Å². The fourth-order valence-electron chi connectivity index (χ4n) is 1.93. The van der Waals surface area contributed by atoms with Crippen molar-refractivity contribution >= 4 is 5.91 Å². The van der Waals surface area contributed by atoms with E-state index in [1.54, 1.807) is 0 Å². The van der Waals surface area contributed by atoms with Gasteiger partial charge in [-0.25, -0.2) is 0 Å². The van der Waals surface area contributed by atoms with Crippen LogP contribution in [0.15, 0.2) is 24.3 Å². The van der Waals surface area contributed by atoms with Crippen LogP contribution in [0.3, 0.4) is 0 Å². The SMILES string of the molecule is CC(C)(C)NCc1ccccc1OCC(=O)NCC1CC1. The molecule has 4 nitrogen and oxygen atoms in total. The molecule has 1 saturated carbocycles. The van der Waals surface area contributed by atoms with Crippen LogP contribution >= 0.6 is 0 Å². The van der Waals surface area contributed by atoms with Crippen molar-refractivity contribution in [3.63, 3.8) is 0 Å². The minimum Gasteiger partial charge on any atom is -0.483 e. The average molecular weight is 290 g/mol. The zero-order valence-electron chi connectivity index (χ0n) is 13.2. The number of para-hydroxylation sites is 1. The maximum atomic E-state index is 11.7. The topological polar surface area (TPSA) is 50.4 Å². The molecule has 1 aliphatic carbocycles. The van der Waals surface area contributed by atoms with E-state index in [1.807, 2.05) is 24.3 Å². The first-order chi connectivity index (χ1) is 9.94. The Labute approximate surface area is 127 Å². The van der Waals surface area contributed by atoms with Crippen LogP contribution in [0.25, 0.3) is 0 Å². The van der Waals surface area contributed by atoms with Gasteiger partial charge in [-0.05, 0) is 45.6 Å². The third-order valence-corrected chi connectivity index (χ3v) is 3.43. The van der Waals surface area contributed by atoms with Crippen molar-refractivity contribution in [3.8, 4) is 5.75 Å². The summed E-state index contributed by atoms with van der Waals surface area (Å²) in [4.78, 5) is 11.7. The van der Waals surface area contributed by atoms with E-state index in [0.29, 0.717) is 5.92 Å². The van der Waals surface area contributed by atoms with E-state index < -0.39 is 0 Å². The molecule has 2 N–H and O–H groups in total. The number of carbonyl (C=O) groups is 1. The van der Waals surface area contributed by atoms with Crippen LogP contribution < -0.4 is 15.4 Å². The lowest BCUT2D eigenvalue weighted by Crippen LogP contribution is -2.35. The quantitative estimate of drug-likeness (QED) is 0.811. The van der Waals surface area contributed by atoms with Crippen molar-refractivity contribution in [1.29, 1.82) is 0 Å². The van der Waals surface area contributed by atoms with Gasteiger partial charge < -0.3 is 15.4 Å². The normalized spacial score (nSPS) is 14.8. The van der Waals surface area contributed by atoms with E-state index in [2.05, 4.69) is 31.4 Å². The summed E-state index contributed by atoms with van der Waals surface area (Å²) in [5.41, 5.74) is 1.12. The predicted octanol–water partition coefficient (Wildman–Crippen LogP) is 2.48. The molecule has 0 bridgehead atoms. The number of nitrogens with one attached hydrogen (secondary N) is 2. The fraction of sp³-hybridized carbons (Fsp3) is 0.588. The van der Waals surface area contributed by atoms with Crippen molar-refractivity contribution in [3.05, 3.63) is 29.8 Å². The van der Waals surface area contributed by atoms with Crippen molar-refractivity contribution in [2.45, 2.75) is 45.7 Å². The van der Waals surface area contributed by atoms with Crippen molar-refractivity contribution < 1.29 is 9.53 Å². The summed E-state index contributed by atoms with van der Waals surface area (Å²) in [6.07, 6.45) is 2.48. The Morgan fingerprint density at radius 3 is 2.67 bits per heavy atom. The van der Waals surface area contributed by atoms with E-state index in [1.165, 1.54) is 12.8 Å². The first-order valence-corrected chi connectivity index (χ1v) is 7.66. The molecular weight excluding hydrogens is 264 g/mol. The highest BCUT2D eigenvalue weighted by atomic mass is 16.5. The van der Waals surface area contributed by atoms with Gasteiger partial charge in [-0.3, -0.25) is 4.79 Å². The van der Waals surface area contributed by atoms with Crippen LogP contribution in [0.1, 0.15) is 39.2 Å². The van der Waals surface area contributed by atoms with E-state index in [-0.39, 0.29) is 18.1 Å². The number of rotatable bonds is 7. The van der Waals surface area contributed by atoms with Gasteiger partial charge in [0.15, 0.2) is 6.61 Å². The minimum atomic E-state index is -0.0412. The summed E-state index contributed by atoms with van der Waals surface area (Å²) in [5, 5.41) is 6.35. The van der Waals surface area contributed by atoms with E-state index >= 15 is 0 Å². The van der Waals surface area contributed by atoms with Gasteiger partial charge in [0, 0.05) is 24.2 Å². The first-order valence-electron chi connectivity index (χ1n) is 7.66. The molecule has 0 heterocycles. The molecule has 21 heavy (non-hydrogen) atoms. The molecule has 1 aliphatic rings. The lowest BCUT2D eigenvalue weighted by atomic mass is 10.1. The van der Waals surface area contributed by atoms with E-state index in [4.69, 9.17) is 4.74 Å². The second-order valence-corrected chi connectivity index (χ2v) is 6.75.